The Morgan fingerprint density at radius 1 is 0.947 bits per heavy atom. The van der Waals surface area contributed by atoms with Gasteiger partial charge in [-0.1, -0.05) is 30.3 Å². The third-order valence-electron chi connectivity index (χ3n) is 2.78. The van der Waals surface area contributed by atoms with Gasteiger partial charge in [0.15, 0.2) is 0 Å². The minimum Gasteiger partial charge on any atom is -0.481 e. The van der Waals surface area contributed by atoms with Gasteiger partial charge in [0.05, 0.1) is 12.8 Å². The fourth-order valence-corrected chi connectivity index (χ4v) is 1.90. The number of aliphatic carboxylic acids is 2. The van der Waals surface area contributed by atoms with Crippen LogP contribution in [0.15, 0.2) is 30.3 Å². The second-order valence-electron chi connectivity index (χ2n) is 4.09. The van der Waals surface area contributed by atoms with E-state index in [0.717, 1.165) is 12.1 Å². The number of hydrogen-bond donors (Lipinski definition) is 2. The minimum absolute atomic E-state index is 0.368. The van der Waals surface area contributed by atoms with Crippen LogP contribution in [0.5, 0.6) is 0 Å². The molecule has 0 aliphatic rings. The van der Waals surface area contributed by atoms with Crippen LogP contribution in [0.25, 0.3) is 0 Å². The second-order valence-corrected chi connectivity index (χ2v) is 4.09. The van der Waals surface area contributed by atoms with E-state index in [9.17, 15) is 22.8 Å². The number of carboxylic acid groups (broad SMARTS) is 2. The summed E-state index contributed by atoms with van der Waals surface area (Å²) in [5.41, 5.74) is -3.29. The first-order chi connectivity index (χ1) is 8.69. The largest absolute Gasteiger partial charge is 0.481 e. The first kappa shape index (κ1) is 15.0. The highest BCUT2D eigenvalue weighted by Gasteiger charge is 2.58. The monoisotopic (exact) mass is 276 g/mol. The molecule has 0 unspecified atom stereocenters. The molecule has 1 aromatic rings. The van der Waals surface area contributed by atoms with Gasteiger partial charge >= 0.3 is 18.1 Å². The average molecular weight is 276 g/mol. The third kappa shape index (κ3) is 3.24. The molecule has 0 heterocycles. The zero-order chi connectivity index (χ0) is 14.7. The van der Waals surface area contributed by atoms with Crippen LogP contribution in [0.2, 0.25) is 0 Å². The summed E-state index contributed by atoms with van der Waals surface area (Å²) < 4.78 is 39.8. The van der Waals surface area contributed by atoms with Crippen LogP contribution in [0.4, 0.5) is 13.2 Å². The lowest BCUT2D eigenvalue weighted by molar-refractivity contribution is -0.203. The minimum atomic E-state index is -4.98. The maximum Gasteiger partial charge on any atom is 0.399 e. The number of carbonyl (C=O) groups is 2. The fourth-order valence-electron chi connectivity index (χ4n) is 1.90. The Labute approximate surface area is 106 Å². The molecule has 2 N–H and O–H groups in total. The first-order valence-corrected chi connectivity index (χ1v) is 5.25. The standard InChI is InChI=1S/C12H11F3O4/c13-12(14,15)11(6-9(16)17,7-10(18)19)8-4-2-1-3-5-8/h1-5H,6-7H2,(H,16,17)(H,18,19). The van der Waals surface area contributed by atoms with Crippen molar-refractivity contribution in [3.8, 4) is 0 Å². The lowest BCUT2D eigenvalue weighted by Gasteiger charge is -2.33. The third-order valence-corrected chi connectivity index (χ3v) is 2.78. The Morgan fingerprint density at radius 3 is 1.68 bits per heavy atom. The molecule has 104 valence electrons. The van der Waals surface area contributed by atoms with E-state index >= 15 is 0 Å². The van der Waals surface area contributed by atoms with E-state index in [2.05, 4.69) is 0 Å². The van der Waals surface area contributed by atoms with Gasteiger partial charge in [-0.05, 0) is 5.56 Å². The zero-order valence-corrected chi connectivity index (χ0v) is 9.65. The van der Waals surface area contributed by atoms with Gasteiger partial charge in [0.1, 0.15) is 5.41 Å². The van der Waals surface area contributed by atoms with Crippen LogP contribution < -0.4 is 0 Å². The van der Waals surface area contributed by atoms with Gasteiger partial charge < -0.3 is 10.2 Å². The van der Waals surface area contributed by atoms with E-state index < -0.39 is 36.4 Å². The lowest BCUT2D eigenvalue weighted by atomic mass is 9.74. The summed E-state index contributed by atoms with van der Waals surface area (Å²) >= 11 is 0. The molecule has 0 spiro atoms. The summed E-state index contributed by atoms with van der Waals surface area (Å²) in [6.07, 6.45) is -7.63. The maximum absolute atomic E-state index is 13.3. The van der Waals surface area contributed by atoms with E-state index in [4.69, 9.17) is 10.2 Å². The second kappa shape index (κ2) is 5.29. The van der Waals surface area contributed by atoms with E-state index in [1.807, 2.05) is 0 Å². The Morgan fingerprint density at radius 2 is 1.37 bits per heavy atom. The van der Waals surface area contributed by atoms with Crippen molar-refractivity contribution in [1.29, 1.82) is 0 Å². The van der Waals surface area contributed by atoms with Crippen molar-refractivity contribution in [2.75, 3.05) is 0 Å². The highest BCUT2D eigenvalue weighted by atomic mass is 19.4. The molecular weight excluding hydrogens is 265 g/mol. The fraction of sp³-hybridized carbons (Fsp3) is 0.333. The average Bonchev–Trinajstić information content (AvgIpc) is 2.26. The predicted octanol–water partition coefficient (Wildman–Crippen LogP) is 2.44. The molecule has 0 radical (unpaired) electrons. The molecule has 0 aliphatic heterocycles. The molecule has 0 aromatic heterocycles. The highest BCUT2D eigenvalue weighted by molar-refractivity contribution is 5.74. The summed E-state index contributed by atoms with van der Waals surface area (Å²) in [5.74, 6) is -3.41. The van der Waals surface area contributed by atoms with Gasteiger partial charge in [-0.3, -0.25) is 9.59 Å². The molecule has 0 saturated heterocycles. The molecule has 0 bridgehead atoms. The van der Waals surface area contributed by atoms with Crippen molar-refractivity contribution < 1.29 is 33.0 Å². The molecule has 4 nitrogen and oxygen atoms in total. The van der Waals surface area contributed by atoms with Crippen molar-refractivity contribution in [2.24, 2.45) is 0 Å². The summed E-state index contributed by atoms with van der Waals surface area (Å²) in [7, 11) is 0. The van der Waals surface area contributed by atoms with Crippen LogP contribution >= 0.6 is 0 Å². The van der Waals surface area contributed by atoms with E-state index in [-0.39, 0.29) is 5.56 Å². The number of alkyl halides is 3. The van der Waals surface area contributed by atoms with Crippen molar-refractivity contribution in [3.05, 3.63) is 35.9 Å². The highest BCUT2D eigenvalue weighted by Crippen LogP contribution is 2.46. The molecule has 0 amide bonds. The zero-order valence-electron chi connectivity index (χ0n) is 9.65. The smallest absolute Gasteiger partial charge is 0.399 e. The summed E-state index contributed by atoms with van der Waals surface area (Å²) in [6, 6.07) is 6.24. The van der Waals surface area contributed by atoms with Gasteiger partial charge in [0.25, 0.3) is 0 Å². The van der Waals surface area contributed by atoms with Crippen molar-refractivity contribution in [3.63, 3.8) is 0 Å². The number of hydrogen-bond acceptors (Lipinski definition) is 2. The van der Waals surface area contributed by atoms with Crippen LogP contribution in [0.1, 0.15) is 18.4 Å². The van der Waals surface area contributed by atoms with Gasteiger partial charge in [0.2, 0.25) is 0 Å². The molecule has 0 saturated carbocycles. The quantitative estimate of drug-likeness (QED) is 0.866. The molecule has 0 fully saturated rings. The van der Waals surface area contributed by atoms with Crippen LogP contribution in [-0.2, 0) is 15.0 Å². The van der Waals surface area contributed by atoms with Gasteiger partial charge in [-0.15, -0.1) is 0 Å². The van der Waals surface area contributed by atoms with Gasteiger partial charge in [0, 0.05) is 0 Å². The predicted molar refractivity (Wildman–Crippen MR) is 58.7 cm³/mol. The van der Waals surface area contributed by atoms with Gasteiger partial charge in [-0.2, -0.15) is 13.2 Å². The normalized spacial score (nSPS) is 12.2. The van der Waals surface area contributed by atoms with Crippen molar-refractivity contribution >= 4 is 11.9 Å². The molecule has 19 heavy (non-hydrogen) atoms. The first-order valence-electron chi connectivity index (χ1n) is 5.25. The summed E-state index contributed by atoms with van der Waals surface area (Å²) in [6.45, 7) is 0. The van der Waals surface area contributed by atoms with Crippen molar-refractivity contribution in [1.82, 2.24) is 0 Å². The molecule has 0 aliphatic carbocycles. The topological polar surface area (TPSA) is 74.6 Å². The molecule has 1 rings (SSSR count). The molecule has 1 aromatic carbocycles. The summed E-state index contributed by atoms with van der Waals surface area (Å²) in [4.78, 5) is 21.4. The SMILES string of the molecule is O=C(O)CC(CC(=O)O)(c1ccccc1)C(F)(F)F. The maximum atomic E-state index is 13.3. The van der Waals surface area contributed by atoms with E-state index in [1.165, 1.54) is 18.2 Å². The molecule has 0 atom stereocenters. The van der Waals surface area contributed by atoms with Gasteiger partial charge in [-0.25, -0.2) is 0 Å². The van der Waals surface area contributed by atoms with Crippen molar-refractivity contribution in [2.45, 2.75) is 24.4 Å². The van der Waals surface area contributed by atoms with Crippen LogP contribution in [0.3, 0.4) is 0 Å². The Bertz CT molecular complexity index is 452. The number of halogens is 3. The Hall–Kier alpha value is -2.05. The van der Waals surface area contributed by atoms with Crippen LogP contribution in [-0.4, -0.2) is 28.3 Å². The van der Waals surface area contributed by atoms with E-state index in [0.29, 0.717) is 0 Å². The van der Waals surface area contributed by atoms with E-state index in [1.54, 1.807) is 0 Å². The lowest BCUT2D eigenvalue weighted by Crippen LogP contribution is -2.45. The Kier molecular flexibility index (Phi) is 4.18. The number of benzene rings is 1. The number of rotatable bonds is 5. The Balaban J connectivity index is 3.43. The number of carboxylic acids is 2. The van der Waals surface area contributed by atoms with Crippen LogP contribution in [0, 0.1) is 0 Å². The summed E-state index contributed by atoms with van der Waals surface area (Å²) in [5, 5.41) is 17.4. The molecular formula is C12H11F3O4. The molecule has 7 heteroatoms.